The van der Waals surface area contributed by atoms with Gasteiger partial charge in [-0.15, -0.1) is 0 Å². The first kappa shape index (κ1) is 25.5. The van der Waals surface area contributed by atoms with E-state index in [1.165, 1.54) is 5.56 Å². The van der Waals surface area contributed by atoms with Gasteiger partial charge in [0.05, 0.1) is 37.3 Å². The number of rotatable bonds is 10. The van der Waals surface area contributed by atoms with Crippen molar-refractivity contribution in [1.82, 2.24) is 20.0 Å². The lowest BCUT2D eigenvalue weighted by atomic mass is 9.68. The summed E-state index contributed by atoms with van der Waals surface area (Å²) in [5, 5.41) is 8.13. The van der Waals surface area contributed by atoms with Crippen molar-refractivity contribution in [2.45, 2.75) is 76.9 Å². The molecule has 1 aliphatic heterocycles. The van der Waals surface area contributed by atoms with E-state index in [0.717, 1.165) is 56.8 Å². The number of hydrogen-bond acceptors (Lipinski definition) is 5. The highest BCUT2D eigenvalue weighted by molar-refractivity contribution is 5.32. The third-order valence-corrected chi connectivity index (χ3v) is 7.25. The zero-order valence-electron chi connectivity index (χ0n) is 19.9. The Balaban J connectivity index is 1.82. The summed E-state index contributed by atoms with van der Waals surface area (Å²) < 4.78 is 52.2. The maximum atomic E-state index is 12.9. The molecule has 6 nitrogen and oxygen atoms in total. The van der Waals surface area contributed by atoms with Crippen LogP contribution in [0.1, 0.15) is 61.9 Å². The molecule has 32 heavy (non-hydrogen) atoms. The first-order valence-electron chi connectivity index (χ1n) is 11.8. The maximum Gasteiger partial charge on any atom is 0.389 e. The van der Waals surface area contributed by atoms with Gasteiger partial charge in [0.15, 0.2) is 0 Å². The molecule has 0 bridgehead atoms. The quantitative estimate of drug-likeness (QED) is 0.573. The van der Waals surface area contributed by atoms with Gasteiger partial charge in [-0.2, -0.15) is 18.3 Å². The molecule has 9 heteroatoms. The standard InChI is InChI=1S/C23H39F3N4O2/c1-16(31-4)19-13-18(6-5-17(19)7-8-23(24,25)26)22-20(14-29(3)10-9-27-2)28-30-11-12-32-15-21(22)30/h16-19,27H,5-15H2,1-4H3. The van der Waals surface area contributed by atoms with Gasteiger partial charge in [0.1, 0.15) is 0 Å². The largest absolute Gasteiger partial charge is 0.389 e. The molecule has 4 unspecified atom stereocenters. The predicted octanol–water partition coefficient (Wildman–Crippen LogP) is 3.94. The van der Waals surface area contributed by atoms with Crippen LogP contribution in [0.2, 0.25) is 0 Å². The van der Waals surface area contributed by atoms with Crippen molar-refractivity contribution >= 4 is 0 Å². The summed E-state index contributed by atoms with van der Waals surface area (Å²) in [4.78, 5) is 2.26. The van der Waals surface area contributed by atoms with Gasteiger partial charge in [-0.25, -0.2) is 0 Å². The van der Waals surface area contributed by atoms with Crippen molar-refractivity contribution in [3.05, 3.63) is 17.0 Å². The minimum atomic E-state index is -4.11. The number of nitrogens with zero attached hydrogens (tertiary/aromatic N) is 3. The molecular weight excluding hydrogens is 421 g/mol. The van der Waals surface area contributed by atoms with Crippen LogP contribution in [-0.4, -0.2) is 67.9 Å². The minimum absolute atomic E-state index is 0.0345. The minimum Gasteiger partial charge on any atom is -0.381 e. The van der Waals surface area contributed by atoms with E-state index in [-0.39, 0.29) is 30.3 Å². The van der Waals surface area contributed by atoms with Crippen LogP contribution in [0, 0.1) is 11.8 Å². The molecule has 0 spiro atoms. The highest BCUT2D eigenvalue weighted by atomic mass is 19.4. The van der Waals surface area contributed by atoms with Gasteiger partial charge in [0, 0.05) is 38.7 Å². The lowest BCUT2D eigenvalue weighted by Crippen LogP contribution is -2.34. The predicted molar refractivity (Wildman–Crippen MR) is 117 cm³/mol. The summed E-state index contributed by atoms with van der Waals surface area (Å²) in [5.74, 6) is 0.418. The fraction of sp³-hybridized carbons (Fsp3) is 0.870. The Morgan fingerprint density at radius 2 is 2.12 bits per heavy atom. The molecule has 0 radical (unpaired) electrons. The second-order valence-corrected chi connectivity index (χ2v) is 9.45. The van der Waals surface area contributed by atoms with Gasteiger partial charge in [-0.05, 0) is 64.5 Å². The Bertz CT molecular complexity index is 725. The maximum absolute atomic E-state index is 12.9. The summed E-state index contributed by atoms with van der Waals surface area (Å²) in [6.07, 6.45) is -2.19. The lowest BCUT2D eigenvalue weighted by Gasteiger charge is -2.40. The first-order chi connectivity index (χ1) is 15.2. The molecule has 3 rings (SSSR count). The number of hydrogen-bond donors (Lipinski definition) is 1. The van der Waals surface area contributed by atoms with E-state index in [0.29, 0.717) is 13.2 Å². The number of fused-ring (bicyclic) bond motifs is 1. The van der Waals surface area contributed by atoms with Gasteiger partial charge in [-0.1, -0.05) is 0 Å². The number of likely N-dealkylation sites (N-methyl/N-ethyl adjacent to an activating group) is 2. The summed E-state index contributed by atoms with van der Waals surface area (Å²) in [6, 6.07) is 0. The Morgan fingerprint density at radius 1 is 1.34 bits per heavy atom. The molecule has 2 heterocycles. The van der Waals surface area contributed by atoms with E-state index >= 15 is 0 Å². The van der Waals surface area contributed by atoms with E-state index in [1.54, 1.807) is 7.11 Å². The van der Waals surface area contributed by atoms with Gasteiger partial charge < -0.3 is 14.8 Å². The lowest BCUT2D eigenvalue weighted by molar-refractivity contribution is -0.140. The topological polar surface area (TPSA) is 51.6 Å². The Kier molecular flexibility index (Phi) is 9.00. The molecule has 1 saturated carbocycles. The number of halogens is 3. The summed E-state index contributed by atoms with van der Waals surface area (Å²) >= 11 is 0. The molecule has 0 aromatic carbocycles. The van der Waals surface area contributed by atoms with Gasteiger partial charge in [0.25, 0.3) is 0 Å². The number of nitrogens with one attached hydrogen (secondary N) is 1. The normalized spacial score (nSPS) is 25.2. The van der Waals surface area contributed by atoms with E-state index in [2.05, 4.69) is 21.9 Å². The molecule has 0 saturated heterocycles. The molecule has 2 aliphatic rings. The Labute approximate surface area is 189 Å². The Hall–Kier alpha value is -1.16. The second kappa shape index (κ2) is 11.3. The van der Waals surface area contributed by atoms with Crippen LogP contribution in [0.25, 0.3) is 0 Å². The van der Waals surface area contributed by atoms with Crippen LogP contribution in [0.15, 0.2) is 0 Å². The molecule has 1 N–H and O–H groups in total. The third kappa shape index (κ3) is 6.46. The van der Waals surface area contributed by atoms with E-state index in [9.17, 15) is 13.2 Å². The molecule has 1 aromatic heterocycles. The first-order valence-corrected chi connectivity index (χ1v) is 11.8. The van der Waals surface area contributed by atoms with E-state index < -0.39 is 12.6 Å². The van der Waals surface area contributed by atoms with Crippen LogP contribution < -0.4 is 5.32 Å². The highest BCUT2D eigenvalue weighted by Crippen LogP contribution is 2.46. The van der Waals surface area contributed by atoms with E-state index in [4.69, 9.17) is 14.6 Å². The smallest absolute Gasteiger partial charge is 0.381 e. The number of ether oxygens (including phenoxy) is 2. The fourth-order valence-corrected chi connectivity index (χ4v) is 5.44. The second-order valence-electron chi connectivity index (χ2n) is 9.45. The summed E-state index contributed by atoms with van der Waals surface area (Å²) in [7, 11) is 5.70. The fourth-order valence-electron chi connectivity index (χ4n) is 5.44. The number of alkyl halides is 3. The highest BCUT2D eigenvalue weighted by Gasteiger charge is 2.39. The van der Waals surface area contributed by atoms with Crippen molar-refractivity contribution in [2.75, 3.05) is 40.9 Å². The molecular formula is C23H39F3N4O2. The average Bonchev–Trinajstić information content (AvgIpc) is 3.12. The van der Waals surface area contributed by atoms with Crippen LogP contribution in [-0.2, 0) is 29.2 Å². The molecule has 4 atom stereocenters. The van der Waals surface area contributed by atoms with Crippen molar-refractivity contribution in [3.8, 4) is 0 Å². The van der Waals surface area contributed by atoms with Crippen LogP contribution in [0.3, 0.4) is 0 Å². The van der Waals surface area contributed by atoms with E-state index in [1.807, 2.05) is 14.0 Å². The van der Waals surface area contributed by atoms with Crippen LogP contribution in [0.4, 0.5) is 13.2 Å². The van der Waals surface area contributed by atoms with Crippen molar-refractivity contribution < 1.29 is 22.6 Å². The van der Waals surface area contributed by atoms with Crippen LogP contribution >= 0.6 is 0 Å². The number of methoxy groups -OCH3 is 1. The molecule has 1 fully saturated rings. The summed E-state index contributed by atoms with van der Waals surface area (Å²) in [6.45, 7) is 6.55. The van der Waals surface area contributed by atoms with Crippen molar-refractivity contribution in [3.63, 3.8) is 0 Å². The van der Waals surface area contributed by atoms with Gasteiger partial charge in [0.2, 0.25) is 0 Å². The van der Waals surface area contributed by atoms with Gasteiger partial charge in [-0.3, -0.25) is 9.58 Å². The van der Waals surface area contributed by atoms with Crippen molar-refractivity contribution in [2.24, 2.45) is 11.8 Å². The molecule has 0 amide bonds. The third-order valence-electron chi connectivity index (χ3n) is 7.25. The Morgan fingerprint density at radius 3 is 2.81 bits per heavy atom. The SMILES string of the molecule is CNCCN(C)Cc1nn2c(c1C1CCC(CCC(F)(F)F)C(C(C)OC)C1)COCC2. The monoisotopic (exact) mass is 460 g/mol. The number of aromatic nitrogens is 2. The van der Waals surface area contributed by atoms with Gasteiger partial charge >= 0.3 is 6.18 Å². The molecule has 1 aliphatic carbocycles. The molecule has 184 valence electrons. The zero-order chi connectivity index (χ0) is 23.3. The van der Waals surface area contributed by atoms with Crippen molar-refractivity contribution in [1.29, 1.82) is 0 Å². The zero-order valence-corrected chi connectivity index (χ0v) is 19.9. The molecule has 1 aromatic rings. The van der Waals surface area contributed by atoms with Crippen LogP contribution in [0.5, 0.6) is 0 Å². The average molecular weight is 461 g/mol. The summed E-state index contributed by atoms with van der Waals surface area (Å²) in [5.41, 5.74) is 3.51.